The zero-order valence-corrected chi connectivity index (χ0v) is 20.3. The molecule has 1 nitrogen and oxygen atoms in total. The van der Waals surface area contributed by atoms with Gasteiger partial charge in [-0.15, -0.1) is 0 Å². The lowest BCUT2D eigenvalue weighted by Gasteiger charge is -2.39. The van der Waals surface area contributed by atoms with Gasteiger partial charge >= 0.3 is 0 Å². The van der Waals surface area contributed by atoms with Crippen molar-refractivity contribution in [3.05, 3.63) is 145 Å². The van der Waals surface area contributed by atoms with E-state index in [1.165, 1.54) is 27.1 Å². The van der Waals surface area contributed by atoms with Gasteiger partial charge < -0.3 is 4.90 Å². The summed E-state index contributed by atoms with van der Waals surface area (Å²) in [5.74, 6) is 0.266. The Morgan fingerprint density at radius 1 is 0.529 bits per heavy atom. The first-order valence-corrected chi connectivity index (χ1v) is 12.4. The van der Waals surface area contributed by atoms with Gasteiger partial charge in [0.25, 0.3) is 0 Å². The fourth-order valence-corrected chi connectivity index (χ4v) is 5.53. The maximum absolute atomic E-state index is 4.12. The predicted octanol–water partition coefficient (Wildman–Crippen LogP) is 9.13. The van der Waals surface area contributed by atoms with Gasteiger partial charge in [0.05, 0.1) is 0 Å². The standard InChI is InChI=1S/C32H24BrN/c33-32(20-18-27(19-21-32)24-8-2-1-3-9-24)34(30-16-14-25-10-4-6-12-28(25)22-30)31-17-15-26-11-5-7-13-29(26)23-31/h1-23,27H. The highest BCUT2D eigenvalue weighted by molar-refractivity contribution is 9.10. The molecule has 0 aliphatic heterocycles. The molecule has 0 atom stereocenters. The number of nitrogens with zero attached hydrogens (tertiary/aromatic N) is 1. The molecule has 5 aromatic carbocycles. The monoisotopic (exact) mass is 501 g/mol. The molecule has 164 valence electrons. The maximum atomic E-state index is 4.12. The van der Waals surface area contributed by atoms with Crippen LogP contribution in [0.3, 0.4) is 0 Å². The molecule has 0 saturated heterocycles. The van der Waals surface area contributed by atoms with Crippen LogP contribution in [0.1, 0.15) is 11.5 Å². The zero-order valence-electron chi connectivity index (χ0n) is 18.7. The molecule has 1 aliphatic rings. The van der Waals surface area contributed by atoms with Crippen LogP contribution in [-0.4, -0.2) is 4.45 Å². The number of anilines is 2. The van der Waals surface area contributed by atoms with E-state index in [2.05, 4.69) is 160 Å². The molecule has 0 unspecified atom stereocenters. The first kappa shape index (κ1) is 20.9. The first-order chi connectivity index (χ1) is 16.7. The van der Waals surface area contributed by atoms with Gasteiger partial charge in [0, 0.05) is 17.3 Å². The van der Waals surface area contributed by atoms with Crippen molar-refractivity contribution in [2.24, 2.45) is 0 Å². The Balaban J connectivity index is 1.48. The second-order valence-electron chi connectivity index (χ2n) is 8.78. The fraction of sp³-hybridized carbons (Fsp3) is 0.0625. The van der Waals surface area contributed by atoms with E-state index in [1.807, 2.05) is 0 Å². The summed E-state index contributed by atoms with van der Waals surface area (Å²) in [5.41, 5.74) is 3.57. The van der Waals surface area contributed by atoms with Crippen LogP contribution in [0.25, 0.3) is 21.5 Å². The summed E-state index contributed by atoms with van der Waals surface area (Å²) in [4.78, 5) is 2.38. The van der Waals surface area contributed by atoms with Crippen molar-refractivity contribution in [1.82, 2.24) is 0 Å². The Hall–Kier alpha value is -3.62. The third kappa shape index (κ3) is 3.85. The van der Waals surface area contributed by atoms with E-state index in [0.29, 0.717) is 0 Å². The van der Waals surface area contributed by atoms with Gasteiger partial charge in [-0.1, -0.05) is 119 Å². The van der Waals surface area contributed by atoms with Crippen LogP contribution in [0.4, 0.5) is 11.4 Å². The molecule has 6 rings (SSSR count). The maximum Gasteiger partial charge on any atom is 0.137 e. The molecule has 2 heteroatoms. The topological polar surface area (TPSA) is 3.24 Å². The summed E-state index contributed by atoms with van der Waals surface area (Å²) in [5, 5.41) is 4.94. The average Bonchev–Trinajstić information content (AvgIpc) is 2.89. The third-order valence-electron chi connectivity index (χ3n) is 6.58. The molecular formula is C32H24BrN. The largest absolute Gasteiger partial charge is 0.319 e. The predicted molar refractivity (Wildman–Crippen MR) is 149 cm³/mol. The van der Waals surface area contributed by atoms with E-state index in [-0.39, 0.29) is 5.92 Å². The lowest BCUT2D eigenvalue weighted by atomic mass is 9.92. The minimum atomic E-state index is -0.483. The quantitative estimate of drug-likeness (QED) is 0.135. The second-order valence-corrected chi connectivity index (χ2v) is 10.1. The van der Waals surface area contributed by atoms with Crippen molar-refractivity contribution in [3.63, 3.8) is 0 Å². The van der Waals surface area contributed by atoms with Crippen molar-refractivity contribution in [3.8, 4) is 0 Å². The number of rotatable bonds is 4. The molecular weight excluding hydrogens is 478 g/mol. The second kappa shape index (κ2) is 8.62. The van der Waals surface area contributed by atoms with Gasteiger partial charge in [-0.05, 0) is 63.5 Å². The van der Waals surface area contributed by atoms with E-state index in [1.54, 1.807) is 0 Å². The molecule has 0 heterocycles. The highest BCUT2D eigenvalue weighted by atomic mass is 79.9. The van der Waals surface area contributed by atoms with Gasteiger partial charge in [0.2, 0.25) is 0 Å². The summed E-state index contributed by atoms with van der Waals surface area (Å²) >= 11 is 4.12. The van der Waals surface area contributed by atoms with Crippen molar-refractivity contribution < 1.29 is 0 Å². The van der Waals surface area contributed by atoms with Gasteiger partial charge in [0.15, 0.2) is 0 Å². The lowest BCUT2D eigenvalue weighted by Crippen LogP contribution is -2.38. The number of benzene rings is 5. The Morgan fingerprint density at radius 2 is 1.00 bits per heavy atom. The van der Waals surface area contributed by atoms with Crippen molar-refractivity contribution in [2.45, 2.75) is 10.4 Å². The van der Waals surface area contributed by atoms with E-state index in [9.17, 15) is 0 Å². The molecule has 0 amide bonds. The number of alkyl halides is 1. The van der Waals surface area contributed by atoms with Crippen molar-refractivity contribution in [1.29, 1.82) is 0 Å². The Labute approximate surface area is 208 Å². The molecule has 0 aromatic heterocycles. The van der Waals surface area contributed by atoms with Crippen LogP contribution < -0.4 is 4.90 Å². The highest BCUT2D eigenvalue weighted by Gasteiger charge is 2.33. The van der Waals surface area contributed by atoms with E-state index in [4.69, 9.17) is 0 Å². The smallest absolute Gasteiger partial charge is 0.137 e. The van der Waals surface area contributed by atoms with Crippen LogP contribution in [0.5, 0.6) is 0 Å². The Morgan fingerprint density at radius 3 is 1.53 bits per heavy atom. The first-order valence-electron chi connectivity index (χ1n) is 11.6. The molecule has 5 aromatic rings. The minimum Gasteiger partial charge on any atom is -0.319 e. The number of hydrogen-bond donors (Lipinski definition) is 0. The minimum absolute atomic E-state index is 0.266. The Bertz CT molecular complexity index is 1440. The van der Waals surface area contributed by atoms with Gasteiger partial charge in [-0.2, -0.15) is 0 Å². The van der Waals surface area contributed by atoms with Crippen LogP contribution in [-0.2, 0) is 0 Å². The Kier molecular flexibility index (Phi) is 5.31. The molecule has 0 fully saturated rings. The van der Waals surface area contributed by atoms with E-state index >= 15 is 0 Å². The number of fused-ring (bicyclic) bond motifs is 2. The fourth-order valence-electron chi connectivity index (χ4n) is 4.82. The SMILES string of the molecule is BrC1(N(c2ccc3ccccc3c2)c2ccc3ccccc3c2)C=CC(c2ccccc2)C=C1. The van der Waals surface area contributed by atoms with Gasteiger partial charge in [-0.25, -0.2) is 0 Å². The van der Waals surface area contributed by atoms with Gasteiger partial charge in [-0.3, -0.25) is 0 Å². The lowest BCUT2D eigenvalue weighted by molar-refractivity contribution is 0.856. The highest BCUT2D eigenvalue weighted by Crippen LogP contribution is 2.43. The normalized spacial score (nSPS) is 19.5. The molecule has 0 spiro atoms. The third-order valence-corrected chi connectivity index (χ3v) is 7.47. The molecule has 0 N–H and O–H groups in total. The van der Waals surface area contributed by atoms with Crippen LogP contribution in [0.15, 0.2) is 140 Å². The summed E-state index contributed by atoms with van der Waals surface area (Å²) in [7, 11) is 0. The molecule has 0 radical (unpaired) electrons. The summed E-state index contributed by atoms with van der Waals surface area (Å²) < 4.78 is -0.483. The average molecular weight is 502 g/mol. The van der Waals surface area contributed by atoms with Crippen LogP contribution in [0.2, 0.25) is 0 Å². The van der Waals surface area contributed by atoms with Crippen LogP contribution >= 0.6 is 15.9 Å². The molecule has 34 heavy (non-hydrogen) atoms. The zero-order chi connectivity index (χ0) is 23.0. The van der Waals surface area contributed by atoms with Crippen molar-refractivity contribution in [2.75, 3.05) is 4.90 Å². The van der Waals surface area contributed by atoms with E-state index < -0.39 is 4.45 Å². The van der Waals surface area contributed by atoms with Gasteiger partial charge in [0.1, 0.15) is 4.45 Å². The molecule has 0 bridgehead atoms. The summed E-state index contributed by atoms with van der Waals surface area (Å²) in [6.45, 7) is 0. The van der Waals surface area contributed by atoms with Crippen LogP contribution in [0, 0.1) is 0 Å². The number of halogens is 1. The number of allylic oxidation sites excluding steroid dienone is 2. The van der Waals surface area contributed by atoms with Crippen molar-refractivity contribution >= 4 is 48.8 Å². The molecule has 1 aliphatic carbocycles. The number of hydrogen-bond acceptors (Lipinski definition) is 1. The molecule has 0 saturated carbocycles. The van der Waals surface area contributed by atoms with E-state index in [0.717, 1.165) is 11.4 Å². The summed E-state index contributed by atoms with van der Waals surface area (Å²) in [6, 6.07) is 41.1. The summed E-state index contributed by atoms with van der Waals surface area (Å²) in [6.07, 6.45) is 9.13.